The molecule has 3 aliphatic rings. The van der Waals surface area contributed by atoms with Crippen molar-refractivity contribution < 1.29 is 13.2 Å². The Kier molecular flexibility index (Phi) is 4.28. The predicted molar refractivity (Wildman–Crippen MR) is 103 cm³/mol. The number of hydrogen-bond acceptors (Lipinski definition) is 5. The van der Waals surface area contributed by atoms with Crippen LogP contribution >= 0.6 is 0 Å². The van der Waals surface area contributed by atoms with Crippen LogP contribution in [0.3, 0.4) is 0 Å². The Labute approximate surface area is 164 Å². The molecule has 1 aromatic heterocycles. The van der Waals surface area contributed by atoms with E-state index < -0.39 is 10.0 Å². The van der Waals surface area contributed by atoms with Gasteiger partial charge in [0.2, 0.25) is 10.0 Å². The summed E-state index contributed by atoms with van der Waals surface area (Å²) in [5, 5.41) is 4.54. The minimum Gasteiger partial charge on any atom is -0.493 e. The lowest BCUT2D eigenvalue weighted by Crippen LogP contribution is -2.52. The lowest BCUT2D eigenvalue weighted by molar-refractivity contribution is 0.172. The van der Waals surface area contributed by atoms with E-state index in [0.717, 1.165) is 54.7 Å². The van der Waals surface area contributed by atoms with Crippen molar-refractivity contribution in [2.24, 2.45) is 5.92 Å². The molecule has 0 saturated carbocycles. The molecule has 0 N–H and O–H groups in total. The van der Waals surface area contributed by atoms with Crippen LogP contribution in [-0.2, 0) is 35.8 Å². The summed E-state index contributed by atoms with van der Waals surface area (Å²) in [6, 6.07) is 6.78. The van der Waals surface area contributed by atoms with E-state index in [1.54, 1.807) is 24.3 Å². The predicted octanol–water partition coefficient (Wildman–Crippen LogP) is 1.38. The molecule has 28 heavy (non-hydrogen) atoms. The van der Waals surface area contributed by atoms with Crippen molar-refractivity contribution >= 4 is 10.0 Å². The van der Waals surface area contributed by atoms with E-state index in [1.807, 2.05) is 0 Å². The highest BCUT2D eigenvalue weighted by Crippen LogP contribution is 2.31. The van der Waals surface area contributed by atoms with E-state index in [-0.39, 0.29) is 11.5 Å². The molecule has 2 aromatic rings. The third-order valence-corrected chi connectivity index (χ3v) is 7.76. The maximum Gasteiger partial charge on any atom is 0.267 e. The lowest BCUT2D eigenvalue weighted by Gasteiger charge is -2.38. The summed E-state index contributed by atoms with van der Waals surface area (Å²) >= 11 is 0. The smallest absolute Gasteiger partial charge is 0.267 e. The molecule has 0 bridgehead atoms. The van der Waals surface area contributed by atoms with E-state index in [9.17, 15) is 13.2 Å². The van der Waals surface area contributed by atoms with Crippen molar-refractivity contribution in [2.75, 3.05) is 19.7 Å². The van der Waals surface area contributed by atoms with Gasteiger partial charge < -0.3 is 4.74 Å². The van der Waals surface area contributed by atoms with Crippen LogP contribution < -0.4 is 10.3 Å². The van der Waals surface area contributed by atoms with Gasteiger partial charge in [0.05, 0.1) is 23.7 Å². The lowest BCUT2D eigenvalue weighted by atomic mass is 9.97. The van der Waals surface area contributed by atoms with Crippen LogP contribution in [0.5, 0.6) is 5.75 Å². The first-order chi connectivity index (χ1) is 13.5. The van der Waals surface area contributed by atoms with Crippen LogP contribution in [0.1, 0.15) is 29.7 Å². The monoisotopic (exact) mass is 401 g/mol. The Morgan fingerprint density at radius 1 is 1.07 bits per heavy atom. The van der Waals surface area contributed by atoms with Crippen LogP contribution in [0.25, 0.3) is 0 Å². The zero-order chi connectivity index (χ0) is 19.3. The van der Waals surface area contributed by atoms with Gasteiger partial charge in [-0.3, -0.25) is 4.79 Å². The number of aryl methyl sites for hydroxylation is 2. The van der Waals surface area contributed by atoms with E-state index in [2.05, 4.69) is 5.10 Å². The molecule has 5 rings (SSSR count). The molecular formula is C20H23N3O4S. The third-order valence-electron chi connectivity index (χ3n) is 5.93. The first-order valence-corrected chi connectivity index (χ1v) is 11.3. The van der Waals surface area contributed by atoms with Crippen LogP contribution in [0.15, 0.2) is 34.0 Å². The summed E-state index contributed by atoms with van der Waals surface area (Å²) in [6.07, 6.45) is 4.82. The summed E-state index contributed by atoms with van der Waals surface area (Å²) in [6.45, 7) is 1.91. The van der Waals surface area contributed by atoms with Crippen LogP contribution in [0.2, 0.25) is 0 Å². The van der Waals surface area contributed by atoms with Gasteiger partial charge in [0.25, 0.3) is 5.56 Å². The summed E-state index contributed by atoms with van der Waals surface area (Å²) in [5.41, 5.74) is 2.96. The first-order valence-electron chi connectivity index (χ1n) is 9.86. The number of hydrogen-bond donors (Lipinski definition) is 0. The molecule has 1 aliphatic carbocycles. The standard InChI is InChI=1S/C20H23N3O4S/c24-20-10-15-3-1-2-4-18(15)21-23(20)13-14-11-22(12-14)28(25,26)17-5-6-19-16(9-17)7-8-27-19/h5-6,9-10,14H,1-4,7-8,11-13H2. The Hall–Kier alpha value is -2.19. The minimum absolute atomic E-state index is 0.0828. The van der Waals surface area contributed by atoms with Crippen molar-refractivity contribution in [3.8, 4) is 5.75 Å². The van der Waals surface area contributed by atoms with Gasteiger partial charge in [0, 0.05) is 31.5 Å². The van der Waals surface area contributed by atoms with Gasteiger partial charge in [-0.15, -0.1) is 0 Å². The van der Waals surface area contributed by atoms with Gasteiger partial charge >= 0.3 is 0 Å². The Balaban J connectivity index is 1.28. The molecular weight excluding hydrogens is 378 g/mol. The SMILES string of the molecule is O=c1cc2c(nn1CC1CN(S(=O)(=O)c3ccc4c(c3)CCO4)C1)CCCC2. The molecule has 2 aliphatic heterocycles. The van der Waals surface area contributed by atoms with Gasteiger partial charge in [-0.05, 0) is 55.0 Å². The number of fused-ring (bicyclic) bond motifs is 2. The molecule has 0 atom stereocenters. The zero-order valence-electron chi connectivity index (χ0n) is 15.6. The third kappa shape index (κ3) is 3.04. The number of ether oxygens (including phenoxy) is 1. The van der Waals surface area contributed by atoms with E-state index in [0.29, 0.717) is 31.1 Å². The molecule has 148 valence electrons. The van der Waals surface area contributed by atoms with Crippen LogP contribution in [-0.4, -0.2) is 42.2 Å². The molecule has 0 radical (unpaired) electrons. The number of nitrogens with zero attached hydrogens (tertiary/aromatic N) is 3. The molecule has 1 fully saturated rings. The first kappa shape index (κ1) is 17.9. The fraction of sp³-hybridized carbons (Fsp3) is 0.500. The molecule has 8 heteroatoms. The summed E-state index contributed by atoms with van der Waals surface area (Å²) in [5.74, 6) is 0.887. The number of sulfonamides is 1. The second-order valence-corrected chi connectivity index (χ2v) is 9.84. The van der Waals surface area contributed by atoms with Gasteiger partial charge in [0.1, 0.15) is 5.75 Å². The highest BCUT2D eigenvalue weighted by molar-refractivity contribution is 7.89. The molecule has 1 saturated heterocycles. The normalized spacial score (nSPS) is 19.6. The van der Waals surface area contributed by atoms with Crippen LogP contribution in [0.4, 0.5) is 0 Å². The fourth-order valence-electron chi connectivity index (χ4n) is 4.28. The van der Waals surface area contributed by atoms with Gasteiger partial charge in [0.15, 0.2) is 0 Å². The zero-order valence-corrected chi connectivity index (χ0v) is 16.5. The fourth-order valence-corrected chi connectivity index (χ4v) is 5.93. The highest BCUT2D eigenvalue weighted by atomic mass is 32.2. The number of benzene rings is 1. The Morgan fingerprint density at radius 2 is 1.89 bits per heavy atom. The van der Waals surface area contributed by atoms with E-state index >= 15 is 0 Å². The quantitative estimate of drug-likeness (QED) is 0.773. The van der Waals surface area contributed by atoms with Crippen molar-refractivity contribution in [2.45, 2.75) is 43.5 Å². The largest absolute Gasteiger partial charge is 0.493 e. The van der Waals surface area contributed by atoms with Gasteiger partial charge in [-0.2, -0.15) is 9.40 Å². The second kappa shape index (κ2) is 6.70. The average Bonchev–Trinajstić information content (AvgIpc) is 3.12. The van der Waals surface area contributed by atoms with Crippen LogP contribution in [0, 0.1) is 5.92 Å². The average molecular weight is 401 g/mol. The summed E-state index contributed by atoms with van der Waals surface area (Å²) < 4.78 is 34.2. The summed E-state index contributed by atoms with van der Waals surface area (Å²) in [4.78, 5) is 12.7. The summed E-state index contributed by atoms with van der Waals surface area (Å²) in [7, 11) is -3.50. The Morgan fingerprint density at radius 3 is 2.75 bits per heavy atom. The van der Waals surface area contributed by atoms with Gasteiger partial charge in [-0.1, -0.05) is 0 Å². The van der Waals surface area contributed by atoms with Crippen molar-refractivity contribution in [1.82, 2.24) is 14.1 Å². The highest BCUT2D eigenvalue weighted by Gasteiger charge is 2.37. The molecule has 0 spiro atoms. The molecule has 3 heterocycles. The number of rotatable bonds is 4. The maximum absolute atomic E-state index is 12.9. The maximum atomic E-state index is 12.9. The van der Waals surface area contributed by atoms with E-state index in [1.165, 1.54) is 8.99 Å². The Bertz CT molecular complexity index is 1090. The minimum atomic E-state index is -3.50. The topological polar surface area (TPSA) is 81.5 Å². The molecule has 0 unspecified atom stereocenters. The number of aromatic nitrogens is 2. The van der Waals surface area contributed by atoms with Crippen molar-refractivity contribution in [3.63, 3.8) is 0 Å². The van der Waals surface area contributed by atoms with Crippen molar-refractivity contribution in [3.05, 3.63) is 51.4 Å². The van der Waals surface area contributed by atoms with Gasteiger partial charge in [-0.25, -0.2) is 13.1 Å². The molecule has 0 amide bonds. The molecule has 7 nitrogen and oxygen atoms in total. The second-order valence-electron chi connectivity index (χ2n) is 7.90. The van der Waals surface area contributed by atoms with Crippen molar-refractivity contribution in [1.29, 1.82) is 0 Å². The van der Waals surface area contributed by atoms with E-state index in [4.69, 9.17) is 4.74 Å². The molecule has 1 aromatic carbocycles.